The molecule has 0 fully saturated rings. The molecule has 2 aromatic carbocycles. The number of ether oxygens (including phenoxy) is 1. The summed E-state index contributed by atoms with van der Waals surface area (Å²) in [7, 11) is -4.26. The van der Waals surface area contributed by atoms with Crippen molar-refractivity contribution in [3.63, 3.8) is 0 Å². The van der Waals surface area contributed by atoms with E-state index in [1.807, 2.05) is 0 Å². The summed E-state index contributed by atoms with van der Waals surface area (Å²) in [5, 5.41) is 18.8. The van der Waals surface area contributed by atoms with E-state index in [0.717, 1.165) is 30.3 Å². The first kappa shape index (κ1) is 26.2. The second-order valence-electron chi connectivity index (χ2n) is 6.43. The minimum absolute atomic E-state index is 0.00272. The molecule has 0 aliphatic rings. The van der Waals surface area contributed by atoms with Crippen LogP contribution in [0.1, 0.15) is 5.56 Å². The third-order valence-corrected chi connectivity index (χ3v) is 5.21. The van der Waals surface area contributed by atoms with E-state index in [1.54, 1.807) is 15.7 Å². The largest absolute Gasteiger partial charge is 0.455 e. The topological polar surface area (TPSA) is 133 Å². The number of hydrogen-bond acceptors (Lipinski definition) is 8. The maximum absolute atomic E-state index is 14.2. The summed E-state index contributed by atoms with van der Waals surface area (Å²) in [5.74, 6) is -1.41. The molecule has 0 spiro atoms. The second kappa shape index (κ2) is 10.9. The third kappa shape index (κ3) is 7.54. The van der Waals surface area contributed by atoms with Crippen LogP contribution >= 0.6 is 22.9 Å². The Hall–Kier alpha value is -3.40. The molecule has 0 atom stereocenters. The van der Waals surface area contributed by atoms with Crippen molar-refractivity contribution in [1.82, 2.24) is 20.4 Å². The van der Waals surface area contributed by atoms with E-state index in [9.17, 15) is 26.0 Å². The van der Waals surface area contributed by atoms with Crippen molar-refractivity contribution in [2.24, 2.45) is 5.14 Å². The van der Waals surface area contributed by atoms with Crippen molar-refractivity contribution in [2.75, 3.05) is 4.72 Å². The number of nitrogens with two attached hydrogens (primary N) is 1. The molecule has 0 unspecified atom stereocenters. The van der Waals surface area contributed by atoms with E-state index >= 15 is 0 Å². The Morgan fingerprint density at radius 3 is 2.26 bits per heavy atom. The highest BCUT2D eigenvalue weighted by atomic mass is 35.5. The number of aromatic nitrogens is 4. The zero-order valence-electron chi connectivity index (χ0n) is 17.1. The van der Waals surface area contributed by atoms with Crippen LogP contribution in [0.5, 0.6) is 11.5 Å². The summed E-state index contributed by atoms with van der Waals surface area (Å²) in [5.41, 5.74) is 2.16. The molecular weight excluding hydrogens is 536 g/mol. The molecule has 4 rings (SSSR count). The highest BCUT2D eigenvalue weighted by Gasteiger charge is 2.31. The minimum Gasteiger partial charge on any atom is -0.455 e. The quantitative estimate of drug-likeness (QED) is 0.339. The van der Waals surface area contributed by atoms with Gasteiger partial charge in [-0.15, -0.1) is 21.5 Å². The molecular formula is C19H13ClF4N6O3S2. The SMILES string of the molecule is NS(=O)(=O)Nc1cc(Cl)c(Oc2ccc(C(F)(F)F)cc2-c2ccnnc2)cc1F.c1nncs1. The summed E-state index contributed by atoms with van der Waals surface area (Å²) in [6.45, 7) is 0. The van der Waals surface area contributed by atoms with Gasteiger partial charge in [0.25, 0.3) is 10.2 Å². The second-order valence-corrected chi connectivity index (χ2v) is 8.82. The molecule has 0 radical (unpaired) electrons. The average molecular weight is 549 g/mol. The average Bonchev–Trinajstić information content (AvgIpc) is 3.37. The molecule has 0 amide bonds. The monoisotopic (exact) mass is 548 g/mol. The maximum atomic E-state index is 14.2. The van der Waals surface area contributed by atoms with Crippen molar-refractivity contribution < 1.29 is 30.7 Å². The molecule has 2 aromatic heterocycles. The van der Waals surface area contributed by atoms with Crippen LogP contribution in [-0.2, 0) is 16.4 Å². The van der Waals surface area contributed by atoms with E-state index in [-0.39, 0.29) is 27.6 Å². The fraction of sp³-hybridized carbons (Fsp3) is 0.0526. The van der Waals surface area contributed by atoms with Gasteiger partial charge < -0.3 is 4.74 Å². The lowest BCUT2D eigenvalue weighted by Gasteiger charge is -2.16. The molecule has 35 heavy (non-hydrogen) atoms. The Morgan fingerprint density at radius 2 is 1.71 bits per heavy atom. The molecule has 9 nitrogen and oxygen atoms in total. The lowest BCUT2D eigenvalue weighted by atomic mass is 10.0. The normalized spacial score (nSPS) is 11.4. The van der Waals surface area contributed by atoms with Crippen molar-refractivity contribution in [2.45, 2.75) is 6.18 Å². The van der Waals surface area contributed by atoms with E-state index in [1.165, 1.54) is 29.8 Å². The zero-order chi connectivity index (χ0) is 25.6. The number of benzene rings is 2. The van der Waals surface area contributed by atoms with Gasteiger partial charge in [-0.05, 0) is 30.3 Å². The number of anilines is 1. The van der Waals surface area contributed by atoms with Gasteiger partial charge >= 0.3 is 6.18 Å². The Balaban J connectivity index is 0.000000607. The standard InChI is InChI=1S/C17H11ClF4N4O3S.C2H2N2S/c18-12-6-14(26-30(23,27)28)13(19)7-16(12)29-15-2-1-10(17(20,21)22)5-11(15)9-3-4-24-25-8-9;1-3-4-2-5-1/h1-8,26H,(H2,23,27,28);1-2H. The van der Waals surface area contributed by atoms with Gasteiger partial charge in [0, 0.05) is 17.2 Å². The fourth-order valence-corrected chi connectivity index (χ4v) is 3.50. The number of alkyl halides is 3. The predicted octanol–water partition coefficient (Wildman–Crippen LogP) is 4.90. The third-order valence-electron chi connectivity index (χ3n) is 3.98. The molecule has 0 bridgehead atoms. The smallest absolute Gasteiger partial charge is 0.416 e. The Bertz CT molecular complexity index is 1370. The molecule has 4 aromatic rings. The van der Waals surface area contributed by atoms with Crippen LogP contribution in [0, 0.1) is 5.82 Å². The molecule has 0 aliphatic carbocycles. The van der Waals surface area contributed by atoms with Crippen LogP contribution in [0.25, 0.3) is 11.1 Å². The summed E-state index contributed by atoms with van der Waals surface area (Å²) in [4.78, 5) is 0. The first-order valence-corrected chi connectivity index (χ1v) is 12.0. The van der Waals surface area contributed by atoms with Crippen LogP contribution in [-0.4, -0.2) is 28.8 Å². The number of hydrogen-bond donors (Lipinski definition) is 2. The van der Waals surface area contributed by atoms with E-state index in [0.29, 0.717) is 0 Å². The van der Waals surface area contributed by atoms with Gasteiger partial charge in [-0.1, -0.05) is 11.6 Å². The summed E-state index contributed by atoms with van der Waals surface area (Å²) < 4.78 is 83.0. The highest BCUT2D eigenvalue weighted by molar-refractivity contribution is 7.90. The molecule has 2 heterocycles. The Kier molecular flexibility index (Phi) is 8.16. The first-order valence-electron chi connectivity index (χ1n) is 9.08. The van der Waals surface area contributed by atoms with Gasteiger partial charge in [-0.25, -0.2) is 9.53 Å². The number of rotatable bonds is 5. The van der Waals surface area contributed by atoms with Crippen molar-refractivity contribution in [1.29, 1.82) is 0 Å². The van der Waals surface area contributed by atoms with E-state index < -0.39 is 33.5 Å². The van der Waals surface area contributed by atoms with Crippen molar-refractivity contribution in [3.8, 4) is 22.6 Å². The lowest BCUT2D eigenvalue weighted by molar-refractivity contribution is -0.137. The molecule has 184 valence electrons. The van der Waals surface area contributed by atoms with E-state index in [2.05, 4.69) is 20.4 Å². The van der Waals surface area contributed by atoms with Crippen LogP contribution < -0.4 is 14.6 Å². The van der Waals surface area contributed by atoms with Crippen LogP contribution in [0.15, 0.2) is 59.8 Å². The number of halogens is 5. The number of nitrogens with one attached hydrogen (secondary N) is 1. The zero-order valence-corrected chi connectivity index (χ0v) is 19.5. The summed E-state index contributed by atoms with van der Waals surface area (Å²) in [6, 6.07) is 5.76. The van der Waals surface area contributed by atoms with Gasteiger partial charge in [0.2, 0.25) is 0 Å². The molecule has 0 saturated heterocycles. The van der Waals surface area contributed by atoms with Gasteiger partial charge in [0.1, 0.15) is 22.5 Å². The first-order chi connectivity index (χ1) is 16.4. The minimum atomic E-state index is -4.61. The fourth-order valence-electron chi connectivity index (χ4n) is 2.56. The van der Waals surface area contributed by atoms with Crippen LogP contribution in [0.4, 0.5) is 23.2 Å². The van der Waals surface area contributed by atoms with Crippen LogP contribution in [0.3, 0.4) is 0 Å². The van der Waals surface area contributed by atoms with Gasteiger partial charge in [-0.2, -0.15) is 31.8 Å². The maximum Gasteiger partial charge on any atom is 0.416 e. The molecule has 0 aliphatic heterocycles. The molecule has 16 heteroatoms. The van der Waals surface area contributed by atoms with E-state index in [4.69, 9.17) is 21.5 Å². The summed E-state index contributed by atoms with van der Waals surface area (Å²) in [6.07, 6.45) is -2.11. The molecule has 0 saturated carbocycles. The highest BCUT2D eigenvalue weighted by Crippen LogP contribution is 2.41. The molecule has 3 N–H and O–H groups in total. The van der Waals surface area contributed by atoms with Crippen molar-refractivity contribution in [3.05, 3.63) is 76.2 Å². The Morgan fingerprint density at radius 1 is 1.00 bits per heavy atom. The van der Waals surface area contributed by atoms with Gasteiger partial charge in [-0.3, -0.25) is 4.72 Å². The Labute approximate surface area is 204 Å². The lowest BCUT2D eigenvalue weighted by Crippen LogP contribution is -2.22. The number of nitrogens with zero attached hydrogens (tertiary/aromatic N) is 4. The van der Waals surface area contributed by atoms with Gasteiger partial charge in [0.15, 0.2) is 5.82 Å². The summed E-state index contributed by atoms with van der Waals surface area (Å²) >= 11 is 7.50. The van der Waals surface area contributed by atoms with Gasteiger partial charge in [0.05, 0.1) is 28.7 Å². The predicted molar refractivity (Wildman–Crippen MR) is 121 cm³/mol. The van der Waals surface area contributed by atoms with Crippen LogP contribution in [0.2, 0.25) is 5.02 Å². The van der Waals surface area contributed by atoms with Crippen molar-refractivity contribution >= 4 is 38.8 Å².